The van der Waals surface area contributed by atoms with E-state index in [1.165, 1.54) is 6.42 Å². The van der Waals surface area contributed by atoms with Crippen molar-refractivity contribution in [1.82, 2.24) is 0 Å². The zero-order valence-electron chi connectivity index (χ0n) is 15.5. The van der Waals surface area contributed by atoms with Crippen LogP contribution in [0.4, 0.5) is 5.82 Å². The van der Waals surface area contributed by atoms with Crippen molar-refractivity contribution < 1.29 is 10.1 Å². The number of nitrogens with zero attached hydrogens (tertiary/aromatic N) is 1. The third kappa shape index (κ3) is 3.62. The summed E-state index contributed by atoms with van der Waals surface area (Å²) in [6.07, 6.45) is 5.47. The lowest BCUT2D eigenvalue weighted by Gasteiger charge is -2.32. The second kappa shape index (κ2) is 8.12. The number of rotatable bonds is 4. The molecule has 28 heavy (non-hydrogen) atoms. The lowest BCUT2D eigenvalue weighted by atomic mass is 9.80. The minimum Gasteiger partial charge on any atom is -0.376 e. The number of halogens is 2. The number of H-pyrrole nitrogens is 1. The van der Waals surface area contributed by atoms with Gasteiger partial charge in [-0.05, 0) is 66.8 Å². The molecule has 2 heterocycles. The maximum atomic E-state index is 12.2. The van der Waals surface area contributed by atoms with Crippen molar-refractivity contribution in [2.75, 3.05) is 18.0 Å². The lowest BCUT2D eigenvalue weighted by Crippen LogP contribution is -2.39. The quantitative estimate of drug-likeness (QED) is 0.647. The monoisotopic (exact) mass is 413 g/mol. The van der Waals surface area contributed by atoms with Gasteiger partial charge in [0, 0.05) is 10.0 Å². The molecule has 0 saturated carbocycles. The topological polar surface area (TPSA) is 37.6 Å². The number of nitrogens with one attached hydrogen (secondary N) is 1. The smallest absolute Gasteiger partial charge is 0.281 e. The van der Waals surface area contributed by atoms with Gasteiger partial charge in [-0.15, -0.1) is 0 Å². The van der Waals surface area contributed by atoms with Gasteiger partial charge < -0.3 is 5.11 Å². The Bertz CT molecular complexity index is 890. The zero-order chi connectivity index (χ0) is 19.6. The van der Waals surface area contributed by atoms with Crippen LogP contribution in [0.15, 0.2) is 66.9 Å². The first-order valence-electron chi connectivity index (χ1n) is 9.59. The van der Waals surface area contributed by atoms with Gasteiger partial charge in [0.2, 0.25) is 0 Å². The Labute approximate surface area is 175 Å². The van der Waals surface area contributed by atoms with E-state index in [4.69, 9.17) is 23.2 Å². The molecule has 2 N–H and O–H groups in total. The molecule has 4 rings (SSSR count). The Morgan fingerprint density at radius 1 is 0.786 bits per heavy atom. The predicted octanol–water partition coefficient (Wildman–Crippen LogP) is 5.08. The summed E-state index contributed by atoms with van der Waals surface area (Å²) in [6.45, 7) is 1.95. The molecule has 1 aliphatic heterocycles. The van der Waals surface area contributed by atoms with E-state index in [9.17, 15) is 5.11 Å². The fourth-order valence-electron chi connectivity index (χ4n) is 3.96. The number of aliphatic hydroxyl groups is 1. The van der Waals surface area contributed by atoms with E-state index in [-0.39, 0.29) is 0 Å². The highest BCUT2D eigenvalue weighted by atomic mass is 35.5. The molecule has 0 radical (unpaired) electrons. The fourth-order valence-corrected chi connectivity index (χ4v) is 4.21. The molecular formula is C23H23Cl2N2O+. The largest absolute Gasteiger partial charge is 0.376 e. The number of anilines is 1. The molecule has 5 heteroatoms. The third-order valence-corrected chi connectivity index (χ3v) is 5.92. The summed E-state index contributed by atoms with van der Waals surface area (Å²) >= 11 is 12.2. The van der Waals surface area contributed by atoms with Gasteiger partial charge in [-0.3, -0.25) is 4.90 Å². The first-order chi connectivity index (χ1) is 13.6. The van der Waals surface area contributed by atoms with Crippen molar-refractivity contribution >= 4 is 29.0 Å². The minimum atomic E-state index is -1.33. The SMILES string of the molecule is OC(c1ccc(Cl)cc1)(c1ccc(Cl)cc1)c1ccc[nH+]c1N1CCCCC1. The summed E-state index contributed by atoms with van der Waals surface area (Å²) in [5, 5.41) is 13.5. The molecule has 0 unspecified atom stereocenters. The molecule has 2 aromatic carbocycles. The Morgan fingerprint density at radius 3 is 1.86 bits per heavy atom. The van der Waals surface area contributed by atoms with E-state index in [0.29, 0.717) is 10.0 Å². The van der Waals surface area contributed by atoms with Gasteiger partial charge in [-0.25, -0.2) is 4.98 Å². The summed E-state index contributed by atoms with van der Waals surface area (Å²) < 4.78 is 0. The second-order valence-corrected chi connectivity index (χ2v) is 8.08. The van der Waals surface area contributed by atoms with Crippen molar-refractivity contribution in [1.29, 1.82) is 0 Å². The fraction of sp³-hybridized carbons (Fsp3) is 0.261. The molecule has 1 saturated heterocycles. The number of aromatic nitrogens is 1. The molecule has 144 valence electrons. The number of pyridine rings is 1. The van der Waals surface area contributed by atoms with E-state index in [2.05, 4.69) is 9.88 Å². The van der Waals surface area contributed by atoms with Crippen molar-refractivity contribution in [2.45, 2.75) is 24.9 Å². The van der Waals surface area contributed by atoms with Crippen LogP contribution in [0.1, 0.15) is 36.0 Å². The molecule has 0 amide bonds. The van der Waals surface area contributed by atoms with Crippen LogP contribution < -0.4 is 9.88 Å². The van der Waals surface area contributed by atoms with E-state index in [1.54, 1.807) is 0 Å². The number of aromatic amines is 1. The predicted molar refractivity (Wildman–Crippen MR) is 114 cm³/mol. The summed E-state index contributed by atoms with van der Waals surface area (Å²) in [6, 6.07) is 18.7. The highest BCUT2D eigenvalue weighted by molar-refractivity contribution is 6.30. The van der Waals surface area contributed by atoms with Gasteiger partial charge in [0.05, 0.1) is 24.8 Å². The van der Waals surface area contributed by atoms with Crippen molar-refractivity contribution in [3.05, 3.63) is 93.6 Å². The molecule has 0 atom stereocenters. The average Bonchev–Trinajstić information content (AvgIpc) is 2.75. The Hall–Kier alpha value is -2.07. The standard InChI is InChI=1S/C23H22Cl2N2O/c24-19-10-6-17(7-11-19)23(28,18-8-12-20(25)13-9-18)21-5-4-14-26-22(21)27-15-2-1-3-16-27/h4-14,28H,1-3,15-16H2/p+1. The highest BCUT2D eigenvalue weighted by Gasteiger charge is 2.40. The molecule has 0 spiro atoms. The van der Waals surface area contributed by atoms with Crippen LogP contribution in [0, 0.1) is 0 Å². The number of hydrogen-bond donors (Lipinski definition) is 1. The van der Waals surface area contributed by atoms with Crippen molar-refractivity contribution in [2.24, 2.45) is 0 Å². The van der Waals surface area contributed by atoms with Crippen LogP contribution in [-0.4, -0.2) is 18.2 Å². The summed E-state index contributed by atoms with van der Waals surface area (Å²) in [5.41, 5.74) is 1.01. The first kappa shape index (κ1) is 19.3. The number of benzene rings is 2. The van der Waals surface area contributed by atoms with Gasteiger partial charge in [0.25, 0.3) is 5.82 Å². The molecule has 0 aliphatic carbocycles. The maximum Gasteiger partial charge on any atom is 0.281 e. The minimum absolute atomic E-state index is 0.637. The Morgan fingerprint density at radius 2 is 1.32 bits per heavy atom. The van der Waals surface area contributed by atoms with Crippen LogP contribution in [0.3, 0.4) is 0 Å². The Kier molecular flexibility index (Phi) is 5.58. The molecule has 0 bridgehead atoms. The summed E-state index contributed by atoms with van der Waals surface area (Å²) in [7, 11) is 0. The summed E-state index contributed by atoms with van der Waals surface area (Å²) in [4.78, 5) is 5.72. The number of hydrogen-bond acceptors (Lipinski definition) is 2. The normalized spacial score (nSPS) is 14.9. The Balaban J connectivity index is 1.91. The van der Waals surface area contributed by atoms with Crippen LogP contribution >= 0.6 is 23.2 Å². The van der Waals surface area contributed by atoms with E-state index in [1.807, 2.05) is 66.9 Å². The van der Waals surface area contributed by atoms with E-state index >= 15 is 0 Å². The van der Waals surface area contributed by atoms with E-state index < -0.39 is 5.60 Å². The van der Waals surface area contributed by atoms with Crippen LogP contribution in [-0.2, 0) is 5.60 Å². The molecule has 3 nitrogen and oxygen atoms in total. The number of piperidine rings is 1. The molecule has 1 aliphatic rings. The maximum absolute atomic E-state index is 12.2. The molecular weight excluding hydrogens is 391 g/mol. The van der Waals surface area contributed by atoms with Crippen LogP contribution in [0.5, 0.6) is 0 Å². The molecule has 1 fully saturated rings. The lowest BCUT2D eigenvalue weighted by molar-refractivity contribution is -0.365. The highest BCUT2D eigenvalue weighted by Crippen LogP contribution is 2.40. The van der Waals surface area contributed by atoms with Gasteiger partial charge in [0.1, 0.15) is 5.60 Å². The van der Waals surface area contributed by atoms with Gasteiger partial charge in [0.15, 0.2) is 0 Å². The molecule has 3 aromatic rings. The third-order valence-electron chi connectivity index (χ3n) is 5.42. The van der Waals surface area contributed by atoms with Crippen LogP contribution in [0.25, 0.3) is 0 Å². The van der Waals surface area contributed by atoms with Gasteiger partial charge in [-0.2, -0.15) is 0 Å². The average molecular weight is 414 g/mol. The zero-order valence-corrected chi connectivity index (χ0v) is 17.0. The van der Waals surface area contributed by atoms with Crippen molar-refractivity contribution in [3.63, 3.8) is 0 Å². The second-order valence-electron chi connectivity index (χ2n) is 7.20. The van der Waals surface area contributed by atoms with E-state index in [0.717, 1.165) is 48.4 Å². The summed E-state index contributed by atoms with van der Waals surface area (Å²) in [5.74, 6) is 0.953. The first-order valence-corrected chi connectivity index (χ1v) is 10.4. The van der Waals surface area contributed by atoms with Crippen LogP contribution in [0.2, 0.25) is 10.0 Å². The van der Waals surface area contributed by atoms with Gasteiger partial charge >= 0.3 is 0 Å². The molecule has 1 aromatic heterocycles. The van der Waals surface area contributed by atoms with Crippen molar-refractivity contribution in [3.8, 4) is 0 Å². The van der Waals surface area contributed by atoms with Gasteiger partial charge in [-0.1, -0.05) is 47.5 Å².